The first-order valence-corrected chi connectivity index (χ1v) is 5.90. The molecule has 0 spiro atoms. The van der Waals surface area contributed by atoms with Crippen molar-refractivity contribution < 1.29 is 14.4 Å². The van der Waals surface area contributed by atoms with Crippen LogP contribution >= 0.6 is 0 Å². The summed E-state index contributed by atoms with van der Waals surface area (Å²) in [7, 11) is 0. The second-order valence-electron chi connectivity index (χ2n) is 4.83. The molecule has 1 saturated carbocycles. The van der Waals surface area contributed by atoms with Crippen molar-refractivity contribution in [3.63, 3.8) is 0 Å². The lowest BCUT2D eigenvalue weighted by atomic mass is 10.1. The largest absolute Gasteiger partial charge is 0.368 e. The Kier molecular flexibility index (Phi) is 3.31. The molecule has 3 N–H and O–H groups in total. The molecule has 1 atom stereocenters. The van der Waals surface area contributed by atoms with Gasteiger partial charge in [-0.3, -0.25) is 14.4 Å². The zero-order valence-electron chi connectivity index (χ0n) is 9.65. The maximum absolute atomic E-state index is 11.6. The summed E-state index contributed by atoms with van der Waals surface area (Å²) in [5, 5.41) is 2.44. The fraction of sp³-hybridized carbons (Fsp3) is 0.727. The first kappa shape index (κ1) is 11.9. The Balaban J connectivity index is 1.80. The standard InChI is InChI=1S/C11H17N3O3/c12-9(15)4-13-11(17)8-3-10(16)14(6-8)5-7-1-2-7/h7-8H,1-6H2,(H2,12,15)(H,13,17). The number of rotatable bonds is 5. The number of hydrogen-bond donors (Lipinski definition) is 2. The van der Waals surface area contributed by atoms with E-state index in [2.05, 4.69) is 5.32 Å². The van der Waals surface area contributed by atoms with Crippen LogP contribution < -0.4 is 11.1 Å². The Bertz CT molecular complexity index is 352. The van der Waals surface area contributed by atoms with Gasteiger partial charge in [-0.05, 0) is 18.8 Å². The summed E-state index contributed by atoms with van der Waals surface area (Å²) in [6, 6.07) is 0. The molecule has 6 nitrogen and oxygen atoms in total. The highest BCUT2D eigenvalue weighted by Gasteiger charge is 2.36. The maximum Gasteiger partial charge on any atom is 0.236 e. The smallest absolute Gasteiger partial charge is 0.236 e. The van der Waals surface area contributed by atoms with Gasteiger partial charge < -0.3 is 16.0 Å². The van der Waals surface area contributed by atoms with Crippen molar-refractivity contribution in [2.45, 2.75) is 19.3 Å². The van der Waals surface area contributed by atoms with Crippen LogP contribution in [-0.4, -0.2) is 42.3 Å². The minimum absolute atomic E-state index is 0.0381. The van der Waals surface area contributed by atoms with Crippen LogP contribution in [0.25, 0.3) is 0 Å². The van der Waals surface area contributed by atoms with Gasteiger partial charge in [-0.2, -0.15) is 0 Å². The van der Waals surface area contributed by atoms with Crippen molar-refractivity contribution in [1.29, 1.82) is 0 Å². The Labute approximate surface area is 99.5 Å². The van der Waals surface area contributed by atoms with E-state index in [-0.39, 0.29) is 30.7 Å². The summed E-state index contributed by atoms with van der Waals surface area (Å²) < 4.78 is 0. The molecule has 94 valence electrons. The SMILES string of the molecule is NC(=O)CNC(=O)C1CC(=O)N(CC2CC2)C1. The number of likely N-dealkylation sites (tertiary alicyclic amines) is 1. The molecular weight excluding hydrogens is 222 g/mol. The Morgan fingerprint density at radius 3 is 2.71 bits per heavy atom. The zero-order valence-corrected chi connectivity index (χ0v) is 9.65. The van der Waals surface area contributed by atoms with E-state index in [4.69, 9.17) is 5.73 Å². The predicted molar refractivity (Wildman–Crippen MR) is 59.6 cm³/mol. The molecule has 1 aliphatic heterocycles. The van der Waals surface area contributed by atoms with E-state index in [0.29, 0.717) is 12.5 Å². The summed E-state index contributed by atoms with van der Waals surface area (Å²) in [5.41, 5.74) is 4.94. The van der Waals surface area contributed by atoms with Gasteiger partial charge in [0.2, 0.25) is 17.7 Å². The van der Waals surface area contributed by atoms with Crippen molar-refractivity contribution in [3.8, 4) is 0 Å². The molecule has 2 aliphatic rings. The summed E-state index contributed by atoms with van der Waals surface area (Å²) in [4.78, 5) is 35.6. The van der Waals surface area contributed by atoms with Gasteiger partial charge in [0, 0.05) is 19.5 Å². The molecule has 1 heterocycles. The quantitative estimate of drug-likeness (QED) is 0.634. The molecule has 1 aliphatic carbocycles. The van der Waals surface area contributed by atoms with E-state index in [9.17, 15) is 14.4 Å². The molecule has 0 aromatic carbocycles. The monoisotopic (exact) mass is 239 g/mol. The first-order chi connectivity index (χ1) is 8.06. The van der Waals surface area contributed by atoms with E-state index >= 15 is 0 Å². The van der Waals surface area contributed by atoms with E-state index < -0.39 is 5.91 Å². The van der Waals surface area contributed by atoms with Gasteiger partial charge in [-0.1, -0.05) is 0 Å². The molecule has 1 saturated heterocycles. The fourth-order valence-corrected chi connectivity index (χ4v) is 2.05. The van der Waals surface area contributed by atoms with Crippen LogP contribution in [0.1, 0.15) is 19.3 Å². The van der Waals surface area contributed by atoms with Crippen LogP contribution in [0, 0.1) is 11.8 Å². The van der Waals surface area contributed by atoms with Gasteiger partial charge in [-0.15, -0.1) is 0 Å². The van der Waals surface area contributed by atoms with E-state index in [1.807, 2.05) is 0 Å². The maximum atomic E-state index is 11.6. The number of carbonyl (C=O) groups is 3. The lowest BCUT2D eigenvalue weighted by Crippen LogP contribution is -2.38. The van der Waals surface area contributed by atoms with Crippen molar-refractivity contribution in [2.75, 3.05) is 19.6 Å². The van der Waals surface area contributed by atoms with E-state index in [1.165, 1.54) is 12.8 Å². The molecule has 0 radical (unpaired) electrons. The molecule has 6 heteroatoms. The number of nitrogens with two attached hydrogens (primary N) is 1. The third-order valence-electron chi connectivity index (χ3n) is 3.20. The average molecular weight is 239 g/mol. The average Bonchev–Trinajstić information content (AvgIpc) is 3.00. The van der Waals surface area contributed by atoms with Gasteiger partial charge in [0.25, 0.3) is 0 Å². The minimum atomic E-state index is -0.572. The summed E-state index contributed by atoms with van der Waals surface area (Å²) in [5.74, 6) is -0.490. The van der Waals surface area contributed by atoms with Gasteiger partial charge in [0.1, 0.15) is 0 Å². The number of amides is 3. The number of nitrogens with one attached hydrogen (secondary N) is 1. The Morgan fingerprint density at radius 2 is 2.12 bits per heavy atom. The van der Waals surface area contributed by atoms with Crippen LogP contribution in [0.2, 0.25) is 0 Å². The van der Waals surface area contributed by atoms with Crippen LogP contribution in [0.15, 0.2) is 0 Å². The van der Waals surface area contributed by atoms with E-state index in [1.54, 1.807) is 4.90 Å². The minimum Gasteiger partial charge on any atom is -0.368 e. The van der Waals surface area contributed by atoms with Crippen LogP contribution in [-0.2, 0) is 14.4 Å². The number of nitrogens with zero attached hydrogens (tertiary/aromatic N) is 1. The predicted octanol–water partition coefficient (Wildman–Crippen LogP) is -1.15. The van der Waals surface area contributed by atoms with Crippen molar-refractivity contribution in [3.05, 3.63) is 0 Å². The first-order valence-electron chi connectivity index (χ1n) is 5.90. The lowest BCUT2D eigenvalue weighted by molar-refractivity contribution is -0.129. The molecule has 0 aromatic heterocycles. The Hall–Kier alpha value is -1.59. The molecule has 0 bridgehead atoms. The zero-order chi connectivity index (χ0) is 12.4. The second kappa shape index (κ2) is 4.73. The van der Waals surface area contributed by atoms with Crippen LogP contribution in [0.3, 0.4) is 0 Å². The lowest BCUT2D eigenvalue weighted by Gasteiger charge is -2.15. The highest BCUT2D eigenvalue weighted by molar-refractivity contribution is 5.91. The van der Waals surface area contributed by atoms with Crippen LogP contribution in [0.5, 0.6) is 0 Å². The van der Waals surface area contributed by atoms with Gasteiger partial charge >= 0.3 is 0 Å². The summed E-state index contributed by atoms with van der Waals surface area (Å²) in [6.07, 6.45) is 2.61. The van der Waals surface area contributed by atoms with Crippen molar-refractivity contribution in [1.82, 2.24) is 10.2 Å². The number of carbonyl (C=O) groups excluding carboxylic acids is 3. The highest BCUT2D eigenvalue weighted by Crippen LogP contribution is 2.31. The molecular formula is C11H17N3O3. The Morgan fingerprint density at radius 1 is 1.41 bits per heavy atom. The molecule has 17 heavy (non-hydrogen) atoms. The molecule has 3 amide bonds. The van der Waals surface area contributed by atoms with Crippen LogP contribution in [0.4, 0.5) is 0 Å². The topological polar surface area (TPSA) is 92.5 Å². The van der Waals surface area contributed by atoms with Gasteiger partial charge in [0.05, 0.1) is 12.5 Å². The number of hydrogen-bond acceptors (Lipinski definition) is 3. The van der Waals surface area contributed by atoms with Crippen molar-refractivity contribution in [2.24, 2.45) is 17.6 Å². The molecule has 1 unspecified atom stereocenters. The van der Waals surface area contributed by atoms with E-state index in [0.717, 1.165) is 6.54 Å². The van der Waals surface area contributed by atoms with Gasteiger partial charge in [0.15, 0.2) is 0 Å². The summed E-state index contributed by atoms with van der Waals surface area (Å²) >= 11 is 0. The molecule has 2 fully saturated rings. The normalized spacial score (nSPS) is 23.9. The van der Waals surface area contributed by atoms with Gasteiger partial charge in [-0.25, -0.2) is 0 Å². The third kappa shape index (κ3) is 3.18. The molecule has 2 rings (SSSR count). The second-order valence-corrected chi connectivity index (χ2v) is 4.83. The fourth-order valence-electron chi connectivity index (χ4n) is 2.05. The highest BCUT2D eigenvalue weighted by atomic mass is 16.2. The third-order valence-corrected chi connectivity index (χ3v) is 3.20. The summed E-state index contributed by atoms with van der Waals surface area (Å²) in [6.45, 7) is 1.09. The molecule has 0 aromatic rings. The number of primary amides is 1. The van der Waals surface area contributed by atoms with Crippen molar-refractivity contribution >= 4 is 17.7 Å².